The minimum atomic E-state index is -0.678. The molecule has 1 amide bonds. The molecule has 1 aromatic carbocycles. The molecule has 3 aliphatic carbocycles. The van der Waals surface area contributed by atoms with Gasteiger partial charge >= 0.3 is 6.09 Å². The third-order valence-electron chi connectivity index (χ3n) is 7.65. The fraction of sp³-hybridized carbons (Fsp3) is 0.708. The number of benzene rings is 1. The number of rotatable bonds is 4. The quantitative estimate of drug-likeness (QED) is 0.806. The van der Waals surface area contributed by atoms with Crippen molar-refractivity contribution < 1.29 is 14.6 Å². The Kier molecular flexibility index (Phi) is 4.15. The van der Waals surface area contributed by atoms with Crippen molar-refractivity contribution in [2.75, 3.05) is 6.54 Å². The third kappa shape index (κ3) is 3.36. The molecule has 29 heavy (non-hydrogen) atoms. The summed E-state index contributed by atoms with van der Waals surface area (Å²) in [5.74, 6) is 0. The standard InChI is InChI=1S/C24H34N2O3/c1-21(2,3)29-20(27)25-23-13-22(14-23,15-23)16-26-18-9-10-19(26)12-24(28,11-18)17-7-5-4-6-8-17/h4-8,18-19,28H,9-16H2,1-3H3,(H,25,27). The molecule has 5 aliphatic rings. The number of nitrogens with zero attached hydrogens (tertiary/aromatic N) is 1. The molecule has 5 nitrogen and oxygen atoms in total. The number of hydrogen-bond acceptors (Lipinski definition) is 4. The van der Waals surface area contributed by atoms with Crippen molar-refractivity contribution in [3.8, 4) is 0 Å². The molecule has 0 spiro atoms. The number of nitrogens with one attached hydrogen (secondary N) is 1. The predicted octanol–water partition coefficient (Wildman–Crippen LogP) is 3.95. The smallest absolute Gasteiger partial charge is 0.408 e. The van der Waals surface area contributed by atoms with Crippen molar-refractivity contribution in [2.45, 2.75) is 94.5 Å². The minimum Gasteiger partial charge on any atom is -0.444 e. The van der Waals surface area contributed by atoms with E-state index in [2.05, 4.69) is 22.3 Å². The van der Waals surface area contributed by atoms with Crippen molar-refractivity contribution in [2.24, 2.45) is 5.41 Å². The van der Waals surface area contributed by atoms with Crippen LogP contribution in [0, 0.1) is 5.41 Å². The maximum Gasteiger partial charge on any atom is 0.408 e. The summed E-state index contributed by atoms with van der Waals surface area (Å²) in [7, 11) is 0. The third-order valence-corrected chi connectivity index (χ3v) is 7.65. The summed E-state index contributed by atoms with van der Waals surface area (Å²) in [5, 5.41) is 14.5. The van der Waals surface area contributed by atoms with Gasteiger partial charge in [-0.3, -0.25) is 4.90 Å². The number of fused-ring (bicyclic) bond motifs is 2. The van der Waals surface area contributed by atoms with E-state index in [4.69, 9.17) is 4.74 Å². The largest absolute Gasteiger partial charge is 0.444 e. The van der Waals surface area contributed by atoms with Gasteiger partial charge in [0, 0.05) is 24.2 Å². The van der Waals surface area contributed by atoms with Crippen LogP contribution in [0.3, 0.4) is 0 Å². The first-order chi connectivity index (χ1) is 13.6. The average Bonchev–Trinajstić information content (AvgIpc) is 2.81. The Hall–Kier alpha value is -1.59. The summed E-state index contributed by atoms with van der Waals surface area (Å²) >= 11 is 0. The zero-order valence-electron chi connectivity index (χ0n) is 17.9. The Labute approximate surface area is 173 Å². The van der Waals surface area contributed by atoms with E-state index in [1.54, 1.807) is 0 Å². The molecule has 2 heterocycles. The molecule has 2 saturated heterocycles. The number of carbonyl (C=O) groups is 1. The molecule has 3 saturated carbocycles. The summed E-state index contributed by atoms with van der Waals surface area (Å²) in [5.41, 5.74) is 0.277. The topological polar surface area (TPSA) is 61.8 Å². The van der Waals surface area contributed by atoms with E-state index in [0.29, 0.717) is 17.5 Å². The minimum absolute atomic E-state index is 0.0259. The van der Waals surface area contributed by atoms with Gasteiger partial charge in [-0.25, -0.2) is 4.79 Å². The average molecular weight is 399 g/mol. The van der Waals surface area contributed by atoms with E-state index in [1.165, 1.54) is 12.8 Å². The van der Waals surface area contributed by atoms with Crippen LogP contribution in [0.25, 0.3) is 0 Å². The molecule has 2 atom stereocenters. The summed E-state index contributed by atoms with van der Waals surface area (Å²) in [6, 6.07) is 11.2. The van der Waals surface area contributed by atoms with Crippen molar-refractivity contribution in [1.82, 2.24) is 10.2 Å². The Bertz CT molecular complexity index is 766. The number of piperidine rings is 1. The van der Waals surface area contributed by atoms with Gasteiger partial charge in [0.05, 0.1) is 5.60 Å². The van der Waals surface area contributed by atoms with Crippen molar-refractivity contribution in [3.63, 3.8) is 0 Å². The number of hydrogen-bond donors (Lipinski definition) is 2. The van der Waals surface area contributed by atoms with E-state index >= 15 is 0 Å². The van der Waals surface area contributed by atoms with Gasteiger partial charge in [-0.1, -0.05) is 30.3 Å². The van der Waals surface area contributed by atoms with Gasteiger partial charge in [-0.15, -0.1) is 0 Å². The lowest BCUT2D eigenvalue weighted by Gasteiger charge is -2.71. The van der Waals surface area contributed by atoms with Gasteiger partial charge in [-0.05, 0) is 76.7 Å². The van der Waals surface area contributed by atoms with E-state index < -0.39 is 11.2 Å². The highest BCUT2D eigenvalue weighted by Crippen LogP contribution is 2.68. The fourth-order valence-corrected chi connectivity index (χ4v) is 6.76. The summed E-state index contributed by atoms with van der Waals surface area (Å²) in [4.78, 5) is 14.8. The first-order valence-corrected chi connectivity index (χ1v) is 11.1. The summed E-state index contributed by atoms with van der Waals surface area (Å²) in [6.45, 7) is 6.82. The van der Waals surface area contributed by atoms with Crippen LogP contribution in [0.4, 0.5) is 4.79 Å². The molecule has 158 valence electrons. The monoisotopic (exact) mass is 398 g/mol. The Balaban J connectivity index is 1.18. The maximum atomic E-state index is 12.1. The molecule has 2 unspecified atom stereocenters. The molecular formula is C24H34N2O3. The lowest BCUT2D eigenvalue weighted by atomic mass is 9.39. The normalized spacial score (nSPS) is 40.7. The second-order valence-electron chi connectivity index (χ2n) is 11.3. The summed E-state index contributed by atoms with van der Waals surface area (Å²) < 4.78 is 5.44. The maximum absolute atomic E-state index is 12.1. The molecular weight excluding hydrogens is 364 g/mol. The van der Waals surface area contributed by atoms with Gasteiger partial charge in [0.15, 0.2) is 0 Å². The first-order valence-electron chi connectivity index (χ1n) is 11.1. The van der Waals surface area contributed by atoms with Gasteiger partial charge in [0.25, 0.3) is 0 Å². The Morgan fingerprint density at radius 2 is 1.72 bits per heavy atom. The van der Waals surface area contributed by atoms with Crippen LogP contribution in [0.15, 0.2) is 30.3 Å². The van der Waals surface area contributed by atoms with Crippen LogP contribution in [0.1, 0.15) is 71.3 Å². The number of carbonyl (C=O) groups excluding carboxylic acids is 1. The zero-order chi connectivity index (χ0) is 20.5. The van der Waals surface area contributed by atoms with Crippen LogP contribution in [-0.4, -0.2) is 45.9 Å². The fourth-order valence-electron chi connectivity index (χ4n) is 6.76. The van der Waals surface area contributed by atoms with Crippen molar-refractivity contribution in [1.29, 1.82) is 0 Å². The molecule has 4 bridgehead atoms. The van der Waals surface area contributed by atoms with E-state index in [1.807, 2.05) is 39.0 Å². The lowest BCUT2D eigenvalue weighted by molar-refractivity contribution is -0.179. The van der Waals surface area contributed by atoms with E-state index in [-0.39, 0.29) is 11.6 Å². The SMILES string of the molecule is CC(C)(C)OC(=O)NC12CC(CN3C4CCC3CC(O)(c3ccccc3)C4)(C1)C2. The second kappa shape index (κ2) is 6.21. The molecule has 2 N–H and O–H groups in total. The van der Waals surface area contributed by atoms with Crippen LogP contribution < -0.4 is 5.32 Å². The first kappa shape index (κ1) is 19.4. The van der Waals surface area contributed by atoms with Crippen molar-refractivity contribution in [3.05, 3.63) is 35.9 Å². The molecule has 2 aliphatic heterocycles. The number of ether oxygens (including phenoxy) is 1. The highest BCUT2D eigenvalue weighted by atomic mass is 16.6. The van der Waals surface area contributed by atoms with E-state index in [0.717, 1.165) is 44.2 Å². The van der Waals surface area contributed by atoms with Crippen LogP contribution >= 0.6 is 0 Å². The van der Waals surface area contributed by atoms with Gasteiger partial charge in [-0.2, -0.15) is 0 Å². The van der Waals surface area contributed by atoms with Crippen LogP contribution in [0.5, 0.6) is 0 Å². The zero-order valence-corrected chi connectivity index (χ0v) is 17.9. The predicted molar refractivity (Wildman–Crippen MR) is 111 cm³/mol. The molecule has 1 aromatic rings. The van der Waals surface area contributed by atoms with Crippen LogP contribution in [0.2, 0.25) is 0 Å². The molecule has 0 aromatic heterocycles. The van der Waals surface area contributed by atoms with Crippen molar-refractivity contribution >= 4 is 6.09 Å². The Morgan fingerprint density at radius 1 is 1.14 bits per heavy atom. The molecule has 5 heteroatoms. The van der Waals surface area contributed by atoms with Crippen LogP contribution in [-0.2, 0) is 10.3 Å². The number of amides is 1. The van der Waals surface area contributed by atoms with Gasteiger partial charge in [0.2, 0.25) is 0 Å². The summed E-state index contributed by atoms with van der Waals surface area (Å²) in [6.07, 6.45) is 6.98. The molecule has 0 radical (unpaired) electrons. The highest BCUT2D eigenvalue weighted by molar-refractivity contribution is 5.70. The van der Waals surface area contributed by atoms with Gasteiger partial charge < -0.3 is 15.2 Å². The highest BCUT2D eigenvalue weighted by Gasteiger charge is 2.69. The van der Waals surface area contributed by atoms with E-state index in [9.17, 15) is 9.90 Å². The second-order valence-corrected chi connectivity index (χ2v) is 11.3. The number of alkyl carbamates (subject to hydrolysis) is 1. The Morgan fingerprint density at radius 3 is 2.28 bits per heavy atom. The van der Waals surface area contributed by atoms with Gasteiger partial charge in [0.1, 0.15) is 5.60 Å². The molecule has 6 rings (SSSR count). The number of aliphatic hydroxyl groups is 1. The molecule has 5 fully saturated rings. The lowest BCUT2D eigenvalue weighted by Crippen LogP contribution is -2.77.